The summed E-state index contributed by atoms with van der Waals surface area (Å²) in [4.78, 5) is 11.6. The van der Waals surface area contributed by atoms with E-state index in [1.807, 2.05) is 13.8 Å². The molecule has 4 heteroatoms. The minimum Gasteiger partial charge on any atom is -0.396 e. The highest BCUT2D eigenvalue weighted by molar-refractivity contribution is 5.81. The van der Waals surface area contributed by atoms with Gasteiger partial charge in [-0.2, -0.15) is 0 Å². The monoisotopic (exact) mass is 230 g/mol. The molecule has 0 aliphatic heterocycles. The first-order valence-corrected chi connectivity index (χ1v) is 6.17. The molecular weight excluding hydrogens is 204 g/mol. The van der Waals surface area contributed by atoms with Crippen molar-refractivity contribution in [2.45, 2.75) is 46.1 Å². The number of aliphatic hydroxyl groups excluding tert-OH is 1. The van der Waals surface area contributed by atoms with Gasteiger partial charge in [-0.1, -0.05) is 27.2 Å². The van der Waals surface area contributed by atoms with Crippen molar-refractivity contribution >= 4 is 5.91 Å². The van der Waals surface area contributed by atoms with Crippen LogP contribution in [0.5, 0.6) is 0 Å². The minimum absolute atomic E-state index is 0.0888. The Hall–Kier alpha value is -0.610. The van der Waals surface area contributed by atoms with Crippen LogP contribution in [0.3, 0.4) is 0 Å². The number of aliphatic hydroxyl groups is 1. The number of carbonyl (C=O) groups excluding carboxylic acids is 1. The molecule has 0 saturated heterocycles. The van der Waals surface area contributed by atoms with Crippen molar-refractivity contribution in [1.82, 2.24) is 5.32 Å². The molecule has 0 bridgehead atoms. The Kier molecular flexibility index (Phi) is 8.21. The SMILES string of the molecule is CCCC(CCO)CNC(=O)C(N)C(C)C. The minimum atomic E-state index is -0.434. The van der Waals surface area contributed by atoms with Gasteiger partial charge >= 0.3 is 0 Å². The van der Waals surface area contributed by atoms with Gasteiger partial charge in [0.2, 0.25) is 5.91 Å². The number of nitrogens with two attached hydrogens (primary N) is 1. The van der Waals surface area contributed by atoms with Gasteiger partial charge in [0.05, 0.1) is 6.04 Å². The summed E-state index contributed by atoms with van der Waals surface area (Å²) in [7, 11) is 0. The molecule has 1 amide bonds. The maximum absolute atomic E-state index is 11.6. The zero-order valence-corrected chi connectivity index (χ0v) is 10.7. The topological polar surface area (TPSA) is 75.3 Å². The predicted octanol–water partition coefficient (Wildman–Crippen LogP) is 0.885. The summed E-state index contributed by atoms with van der Waals surface area (Å²) in [6, 6.07) is -0.434. The zero-order valence-electron chi connectivity index (χ0n) is 10.7. The van der Waals surface area contributed by atoms with Crippen LogP contribution >= 0.6 is 0 Å². The maximum Gasteiger partial charge on any atom is 0.237 e. The standard InChI is InChI=1S/C12H26N2O2/c1-4-5-10(6-7-15)8-14-12(16)11(13)9(2)3/h9-11,15H,4-8,13H2,1-3H3,(H,14,16). The van der Waals surface area contributed by atoms with Crippen LogP contribution in [0.4, 0.5) is 0 Å². The summed E-state index contributed by atoms with van der Waals surface area (Å²) < 4.78 is 0. The van der Waals surface area contributed by atoms with Crippen molar-refractivity contribution in [3.8, 4) is 0 Å². The summed E-state index contributed by atoms with van der Waals surface area (Å²) in [5, 5.41) is 11.7. The van der Waals surface area contributed by atoms with E-state index in [-0.39, 0.29) is 18.4 Å². The quantitative estimate of drug-likeness (QED) is 0.579. The highest BCUT2D eigenvalue weighted by atomic mass is 16.3. The lowest BCUT2D eigenvalue weighted by Crippen LogP contribution is -2.45. The van der Waals surface area contributed by atoms with Crippen LogP contribution in [0.1, 0.15) is 40.0 Å². The first kappa shape index (κ1) is 15.4. The van der Waals surface area contributed by atoms with E-state index in [9.17, 15) is 4.79 Å². The van der Waals surface area contributed by atoms with Gasteiger partial charge in [-0.3, -0.25) is 4.79 Å². The Bertz CT molecular complexity index is 189. The van der Waals surface area contributed by atoms with Crippen molar-refractivity contribution in [3.05, 3.63) is 0 Å². The van der Waals surface area contributed by atoms with Gasteiger partial charge in [-0.05, 0) is 24.7 Å². The molecule has 0 aromatic rings. The van der Waals surface area contributed by atoms with E-state index in [1.165, 1.54) is 0 Å². The van der Waals surface area contributed by atoms with Crippen molar-refractivity contribution in [2.75, 3.05) is 13.2 Å². The maximum atomic E-state index is 11.6. The fourth-order valence-corrected chi connectivity index (χ4v) is 1.60. The molecule has 2 unspecified atom stereocenters. The lowest BCUT2D eigenvalue weighted by Gasteiger charge is -2.19. The Morgan fingerprint density at radius 2 is 2.00 bits per heavy atom. The normalized spacial score (nSPS) is 14.9. The first-order chi connectivity index (χ1) is 7.52. The Morgan fingerprint density at radius 3 is 2.44 bits per heavy atom. The van der Waals surface area contributed by atoms with Crippen LogP contribution in [-0.2, 0) is 4.79 Å². The molecule has 0 radical (unpaired) electrons. The Morgan fingerprint density at radius 1 is 1.38 bits per heavy atom. The van der Waals surface area contributed by atoms with E-state index in [2.05, 4.69) is 12.2 Å². The molecule has 0 aliphatic carbocycles. The molecule has 0 fully saturated rings. The van der Waals surface area contributed by atoms with Crippen LogP contribution in [0.25, 0.3) is 0 Å². The number of amides is 1. The molecule has 16 heavy (non-hydrogen) atoms. The second-order valence-electron chi connectivity index (χ2n) is 4.68. The molecule has 0 heterocycles. The number of rotatable bonds is 8. The van der Waals surface area contributed by atoms with E-state index >= 15 is 0 Å². The fraction of sp³-hybridized carbons (Fsp3) is 0.917. The third kappa shape index (κ3) is 6.08. The molecule has 4 N–H and O–H groups in total. The van der Waals surface area contributed by atoms with Crippen molar-refractivity contribution in [1.29, 1.82) is 0 Å². The lowest BCUT2D eigenvalue weighted by atomic mass is 9.99. The number of carbonyl (C=O) groups is 1. The summed E-state index contributed by atoms with van der Waals surface area (Å²) in [5.74, 6) is 0.426. The second-order valence-corrected chi connectivity index (χ2v) is 4.68. The van der Waals surface area contributed by atoms with Gasteiger partial charge in [0.15, 0.2) is 0 Å². The molecule has 96 valence electrons. The van der Waals surface area contributed by atoms with Gasteiger partial charge in [0, 0.05) is 13.2 Å². The molecule has 0 aromatic heterocycles. The van der Waals surface area contributed by atoms with Gasteiger partial charge in [-0.15, -0.1) is 0 Å². The third-order valence-electron chi connectivity index (χ3n) is 2.82. The zero-order chi connectivity index (χ0) is 12.6. The predicted molar refractivity (Wildman–Crippen MR) is 65.9 cm³/mol. The molecule has 0 saturated carbocycles. The summed E-state index contributed by atoms with van der Waals surface area (Å²) in [5.41, 5.74) is 5.73. The average molecular weight is 230 g/mol. The average Bonchev–Trinajstić information content (AvgIpc) is 2.24. The van der Waals surface area contributed by atoms with E-state index in [0.29, 0.717) is 12.5 Å². The number of hydrogen-bond acceptors (Lipinski definition) is 3. The Labute approximate surface area is 98.6 Å². The highest BCUT2D eigenvalue weighted by Gasteiger charge is 2.17. The first-order valence-electron chi connectivity index (χ1n) is 6.17. The molecule has 0 spiro atoms. The summed E-state index contributed by atoms with van der Waals surface area (Å²) >= 11 is 0. The number of hydrogen-bond donors (Lipinski definition) is 3. The third-order valence-corrected chi connectivity index (χ3v) is 2.82. The van der Waals surface area contributed by atoms with Crippen LogP contribution in [-0.4, -0.2) is 30.2 Å². The Balaban J connectivity index is 3.94. The van der Waals surface area contributed by atoms with E-state index in [0.717, 1.165) is 19.3 Å². The van der Waals surface area contributed by atoms with E-state index < -0.39 is 6.04 Å². The van der Waals surface area contributed by atoms with Crippen LogP contribution in [0.2, 0.25) is 0 Å². The smallest absolute Gasteiger partial charge is 0.237 e. The van der Waals surface area contributed by atoms with Gasteiger partial charge in [0.1, 0.15) is 0 Å². The molecule has 0 aliphatic rings. The van der Waals surface area contributed by atoms with Gasteiger partial charge in [-0.25, -0.2) is 0 Å². The molecule has 0 rings (SSSR count). The highest BCUT2D eigenvalue weighted by Crippen LogP contribution is 2.09. The number of nitrogens with one attached hydrogen (secondary N) is 1. The van der Waals surface area contributed by atoms with Crippen molar-refractivity contribution in [3.63, 3.8) is 0 Å². The van der Waals surface area contributed by atoms with Crippen molar-refractivity contribution in [2.24, 2.45) is 17.6 Å². The van der Waals surface area contributed by atoms with Crippen LogP contribution < -0.4 is 11.1 Å². The van der Waals surface area contributed by atoms with Gasteiger partial charge in [0.25, 0.3) is 0 Å². The van der Waals surface area contributed by atoms with E-state index in [1.54, 1.807) is 0 Å². The van der Waals surface area contributed by atoms with Crippen LogP contribution in [0.15, 0.2) is 0 Å². The molecule has 4 nitrogen and oxygen atoms in total. The molecule has 0 aromatic carbocycles. The fourth-order valence-electron chi connectivity index (χ4n) is 1.60. The molecule has 2 atom stereocenters. The van der Waals surface area contributed by atoms with Crippen LogP contribution in [0, 0.1) is 11.8 Å². The van der Waals surface area contributed by atoms with E-state index in [4.69, 9.17) is 10.8 Å². The largest absolute Gasteiger partial charge is 0.396 e. The lowest BCUT2D eigenvalue weighted by molar-refractivity contribution is -0.123. The van der Waals surface area contributed by atoms with Gasteiger partial charge < -0.3 is 16.2 Å². The summed E-state index contributed by atoms with van der Waals surface area (Å²) in [6.07, 6.45) is 2.83. The molecular formula is C12H26N2O2. The van der Waals surface area contributed by atoms with Crippen molar-refractivity contribution < 1.29 is 9.90 Å². The summed E-state index contributed by atoms with van der Waals surface area (Å²) in [6.45, 7) is 6.76. The second kappa shape index (κ2) is 8.53.